The van der Waals surface area contributed by atoms with Crippen LogP contribution in [0.15, 0.2) is 55.0 Å². The molecule has 0 unspecified atom stereocenters. The van der Waals surface area contributed by atoms with E-state index in [2.05, 4.69) is 57.1 Å². The van der Waals surface area contributed by atoms with Crippen LogP contribution in [0.5, 0.6) is 0 Å². The zero-order valence-electron chi connectivity index (χ0n) is 16.5. The summed E-state index contributed by atoms with van der Waals surface area (Å²) in [6, 6.07) is 12.5. The number of aryl methyl sites for hydroxylation is 1. The SMILES string of the molecule is Cc1cccc(N2CCN(c3ccnc(NCc4ccncc4)n3)CC2)c1C. The van der Waals surface area contributed by atoms with Crippen LogP contribution in [0.3, 0.4) is 0 Å². The quantitative estimate of drug-likeness (QED) is 0.738. The van der Waals surface area contributed by atoms with Gasteiger partial charge in [0.2, 0.25) is 5.95 Å². The van der Waals surface area contributed by atoms with Crippen molar-refractivity contribution in [3.05, 3.63) is 71.7 Å². The van der Waals surface area contributed by atoms with Crippen LogP contribution >= 0.6 is 0 Å². The van der Waals surface area contributed by atoms with Gasteiger partial charge in [-0.3, -0.25) is 4.98 Å². The van der Waals surface area contributed by atoms with Crippen LogP contribution in [-0.2, 0) is 6.54 Å². The second kappa shape index (κ2) is 8.25. The number of anilines is 3. The van der Waals surface area contributed by atoms with Gasteiger partial charge in [0.1, 0.15) is 5.82 Å². The highest BCUT2D eigenvalue weighted by molar-refractivity contribution is 5.57. The Labute approximate surface area is 166 Å². The van der Waals surface area contributed by atoms with Crippen molar-refractivity contribution in [2.24, 2.45) is 0 Å². The Balaban J connectivity index is 1.39. The number of hydrogen-bond acceptors (Lipinski definition) is 6. The van der Waals surface area contributed by atoms with Gasteiger partial charge in [-0.2, -0.15) is 4.98 Å². The lowest BCUT2D eigenvalue weighted by molar-refractivity contribution is 0.645. The Morgan fingerprint density at radius 2 is 1.64 bits per heavy atom. The minimum Gasteiger partial charge on any atom is -0.368 e. The zero-order chi connectivity index (χ0) is 19.3. The first-order valence-electron chi connectivity index (χ1n) is 9.72. The number of benzene rings is 1. The molecule has 0 spiro atoms. The Morgan fingerprint density at radius 1 is 0.893 bits per heavy atom. The van der Waals surface area contributed by atoms with Crippen LogP contribution in [-0.4, -0.2) is 41.1 Å². The van der Waals surface area contributed by atoms with E-state index in [0.29, 0.717) is 12.5 Å². The van der Waals surface area contributed by atoms with Gasteiger partial charge in [0.15, 0.2) is 0 Å². The van der Waals surface area contributed by atoms with E-state index < -0.39 is 0 Å². The molecule has 1 aromatic carbocycles. The molecule has 6 heteroatoms. The fourth-order valence-corrected chi connectivity index (χ4v) is 3.55. The van der Waals surface area contributed by atoms with E-state index in [1.807, 2.05) is 24.4 Å². The van der Waals surface area contributed by atoms with Gasteiger partial charge in [0.05, 0.1) is 0 Å². The summed E-state index contributed by atoms with van der Waals surface area (Å²) in [5.41, 5.74) is 5.23. The second-order valence-electron chi connectivity index (χ2n) is 7.14. The summed E-state index contributed by atoms with van der Waals surface area (Å²) < 4.78 is 0. The van der Waals surface area contributed by atoms with Crippen LogP contribution in [0.25, 0.3) is 0 Å². The summed E-state index contributed by atoms with van der Waals surface area (Å²) >= 11 is 0. The van der Waals surface area contributed by atoms with Gasteiger partial charge >= 0.3 is 0 Å². The number of aromatic nitrogens is 3. The highest BCUT2D eigenvalue weighted by atomic mass is 15.3. The molecule has 0 radical (unpaired) electrons. The molecule has 1 aliphatic rings. The van der Waals surface area contributed by atoms with Crippen LogP contribution < -0.4 is 15.1 Å². The fraction of sp³-hybridized carbons (Fsp3) is 0.318. The molecular weight excluding hydrogens is 348 g/mol. The average Bonchev–Trinajstić information content (AvgIpc) is 2.75. The second-order valence-corrected chi connectivity index (χ2v) is 7.14. The molecule has 144 valence electrons. The molecule has 2 aromatic heterocycles. The predicted molar refractivity (Wildman–Crippen MR) is 114 cm³/mol. The van der Waals surface area contributed by atoms with Crippen LogP contribution in [0.4, 0.5) is 17.5 Å². The molecule has 1 aliphatic heterocycles. The molecule has 28 heavy (non-hydrogen) atoms. The number of rotatable bonds is 5. The summed E-state index contributed by atoms with van der Waals surface area (Å²) in [7, 11) is 0. The van der Waals surface area contributed by atoms with Crippen molar-refractivity contribution in [2.75, 3.05) is 41.3 Å². The van der Waals surface area contributed by atoms with E-state index in [0.717, 1.165) is 37.6 Å². The third kappa shape index (κ3) is 4.06. The lowest BCUT2D eigenvalue weighted by Gasteiger charge is -2.37. The van der Waals surface area contributed by atoms with Crippen molar-refractivity contribution in [3.8, 4) is 0 Å². The summed E-state index contributed by atoms with van der Waals surface area (Å²) in [6.45, 7) is 8.97. The van der Waals surface area contributed by atoms with Gasteiger partial charge in [-0.15, -0.1) is 0 Å². The Morgan fingerprint density at radius 3 is 2.43 bits per heavy atom. The Kier molecular flexibility index (Phi) is 5.37. The zero-order valence-corrected chi connectivity index (χ0v) is 16.5. The Bertz CT molecular complexity index is 919. The maximum Gasteiger partial charge on any atom is 0.224 e. The Hall–Kier alpha value is -3.15. The predicted octanol–water partition coefficient (Wildman–Crippen LogP) is 3.43. The van der Waals surface area contributed by atoms with E-state index in [1.165, 1.54) is 16.8 Å². The minimum absolute atomic E-state index is 0.659. The molecule has 0 amide bonds. The number of hydrogen-bond donors (Lipinski definition) is 1. The van der Waals surface area contributed by atoms with Gasteiger partial charge in [-0.05, 0) is 54.8 Å². The van der Waals surface area contributed by atoms with Crippen LogP contribution in [0.2, 0.25) is 0 Å². The van der Waals surface area contributed by atoms with Crippen LogP contribution in [0.1, 0.15) is 16.7 Å². The monoisotopic (exact) mass is 374 g/mol. The molecule has 1 N–H and O–H groups in total. The number of piperazine rings is 1. The van der Waals surface area contributed by atoms with Crippen molar-refractivity contribution in [1.82, 2.24) is 15.0 Å². The highest BCUT2D eigenvalue weighted by Gasteiger charge is 2.20. The maximum absolute atomic E-state index is 4.71. The van der Waals surface area contributed by atoms with Gasteiger partial charge in [-0.25, -0.2) is 4.98 Å². The first-order chi connectivity index (χ1) is 13.7. The van der Waals surface area contributed by atoms with E-state index in [4.69, 9.17) is 4.98 Å². The van der Waals surface area contributed by atoms with Gasteiger partial charge < -0.3 is 15.1 Å². The molecule has 0 saturated carbocycles. The van der Waals surface area contributed by atoms with Crippen molar-refractivity contribution in [1.29, 1.82) is 0 Å². The van der Waals surface area contributed by atoms with Gasteiger partial charge in [0.25, 0.3) is 0 Å². The third-order valence-corrected chi connectivity index (χ3v) is 5.36. The summed E-state index contributed by atoms with van der Waals surface area (Å²) in [4.78, 5) is 17.9. The smallest absolute Gasteiger partial charge is 0.224 e. The maximum atomic E-state index is 4.71. The number of nitrogens with zero attached hydrogens (tertiary/aromatic N) is 5. The molecule has 3 aromatic rings. The first kappa shape index (κ1) is 18.2. The standard InChI is InChI=1S/C22H26N6/c1-17-4-3-5-20(18(17)2)27-12-14-28(15-13-27)21-8-11-24-22(26-21)25-16-19-6-9-23-10-7-19/h3-11H,12-16H2,1-2H3,(H,24,25,26). The van der Waals surface area contributed by atoms with E-state index in [1.54, 1.807) is 12.4 Å². The number of nitrogens with one attached hydrogen (secondary N) is 1. The van der Waals surface area contributed by atoms with Crippen molar-refractivity contribution < 1.29 is 0 Å². The van der Waals surface area contributed by atoms with Gasteiger partial charge in [0, 0.05) is 57.0 Å². The van der Waals surface area contributed by atoms with E-state index in [9.17, 15) is 0 Å². The molecule has 0 bridgehead atoms. The molecule has 3 heterocycles. The summed E-state index contributed by atoms with van der Waals surface area (Å²) in [6.07, 6.45) is 5.42. The molecular formula is C22H26N6. The third-order valence-electron chi connectivity index (χ3n) is 5.36. The number of pyridine rings is 1. The first-order valence-corrected chi connectivity index (χ1v) is 9.72. The van der Waals surface area contributed by atoms with Crippen LogP contribution in [0, 0.1) is 13.8 Å². The minimum atomic E-state index is 0.659. The lowest BCUT2D eigenvalue weighted by atomic mass is 10.1. The lowest BCUT2D eigenvalue weighted by Crippen LogP contribution is -2.47. The van der Waals surface area contributed by atoms with Crippen molar-refractivity contribution in [3.63, 3.8) is 0 Å². The summed E-state index contributed by atoms with van der Waals surface area (Å²) in [5.74, 6) is 1.64. The topological polar surface area (TPSA) is 57.2 Å². The van der Waals surface area contributed by atoms with Gasteiger partial charge in [-0.1, -0.05) is 12.1 Å². The largest absolute Gasteiger partial charge is 0.368 e. The molecule has 0 aliphatic carbocycles. The highest BCUT2D eigenvalue weighted by Crippen LogP contribution is 2.25. The molecule has 4 rings (SSSR count). The van der Waals surface area contributed by atoms with Crippen molar-refractivity contribution in [2.45, 2.75) is 20.4 Å². The fourth-order valence-electron chi connectivity index (χ4n) is 3.55. The average molecular weight is 374 g/mol. The van der Waals surface area contributed by atoms with E-state index in [-0.39, 0.29) is 0 Å². The summed E-state index contributed by atoms with van der Waals surface area (Å²) in [5, 5.41) is 3.30. The van der Waals surface area contributed by atoms with Crippen molar-refractivity contribution >= 4 is 17.5 Å². The normalized spacial score (nSPS) is 14.2. The molecule has 6 nitrogen and oxygen atoms in total. The molecule has 0 atom stereocenters. The van der Waals surface area contributed by atoms with E-state index >= 15 is 0 Å². The molecule has 1 fully saturated rings. The molecule has 1 saturated heterocycles.